The van der Waals surface area contributed by atoms with Gasteiger partial charge in [-0.3, -0.25) is 14.6 Å². The number of ketones is 1. The van der Waals surface area contributed by atoms with Crippen molar-refractivity contribution in [1.82, 2.24) is 0 Å². The monoisotopic (exact) mass is 394 g/mol. The van der Waals surface area contributed by atoms with Crippen LogP contribution in [-0.2, 0) is 32.1 Å². The summed E-state index contributed by atoms with van der Waals surface area (Å²) >= 11 is 5.11. The standard InChI is InChI=1S/C24H26O3S/c1-14-12-17(10-11-28)23(20-8-4-6-18(14)20)26-27-24-21-9-5-7-19(21)15(2)13-22(24)16(3)25/h11-13H,4-10H2,1-3H3. The molecule has 146 valence electrons. The quantitative estimate of drug-likeness (QED) is 0.284. The highest BCUT2D eigenvalue weighted by atomic mass is 32.1. The molecule has 0 bridgehead atoms. The lowest BCUT2D eigenvalue weighted by Crippen LogP contribution is -2.12. The summed E-state index contributed by atoms with van der Waals surface area (Å²) in [6.07, 6.45) is 6.91. The molecule has 0 saturated heterocycles. The number of aryl methyl sites for hydroxylation is 2. The zero-order valence-electron chi connectivity index (χ0n) is 16.8. The van der Waals surface area contributed by atoms with Crippen LogP contribution in [0.3, 0.4) is 0 Å². The van der Waals surface area contributed by atoms with Gasteiger partial charge < -0.3 is 0 Å². The highest BCUT2D eigenvalue weighted by Crippen LogP contribution is 2.40. The Morgan fingerprint density at radius 1 is 0.929 bits per heavy atom. The van der Waals surface area contributed by atoms with Gasteiger partial charge in [-0.2, -0.15) is 0 Å². The van der Waals surface area contributed by atoms with Crippen molar-refractivity contribution < 1.29 is 14.6 Å². The van der Waals surface area contributed by atoms with Crippen molar-refractivity contribution in [3.05, 3.63) is 56.6 Å². The van der Waals surface area contributed by atoms with Crippen LogP contribution >= 0.6 is 12.2 Å². The first-order chi connectivity index (χ1) is 13.5. The molecule has 0 aromatic heterocycles. The number of hydrogen-bond acceptors (Lipinski definition) is 4. The van der Waals surface area contributed by atoms with Crippen LogP contribution in [0.2, 0.25) is 0 Å². The Bertz CT molecular complexity index is 975. The van der Waals surface area contributed by atoms with Gasteiger partial charge >= 0.3 is 0 Å². The van der Waals surface area contributed by atoms with E-state index >= 15 is 0 Å². The van der Waals surface area contributed by atoms with E-state index in [0.29, 0.717) is 17.7 Å². The first-order valence-electron chi connectivity index (χ1n) is 10.1. The highest BCUT2D eigenvalue weighted by Gasteiger charge is 2.27. The van der Waals surface area contributed by atoms with Crippen LogP contribution in [0.5, 0.6) is 11.5 Å². The minimum Gasteiger partial charge on any atom is -0.294 e. The van der Waals surface area contributed by atoms with Crippen LogP contribution in [0, 0.1) is 13.8 Å². The molecule has 3 nitrogen and oxygen atoms in total. The lowest BCUT2D eigenvalue weighted by Gasteiger charge is -2.19. The first-order valence-corrected chi connectivity index (χ1v) is 10.6. The number of carbonyl (C=O) groups excluding carboxylic acids is 1. The van der Waals surface area contributed by atoms with Crippen LogP contribution in [-0.4, -0.2) is 11.2 Å². The van der Waals surface area contributed by atoms with E-state index < -0.39 is 0 Å². The molecule has 28 heavy (non-hydrogen) atoms. The van der Waals surface area contributed by atoms with Crippen LogP contribution in [0.4, 0.5) is 0 Å². The SMILES string of the molecule is CC(=O)c1cc(C)c2c(c1OOc1c(CC=S)cc(C)c3c1CCC3)CCC2. The molecule has 0 aliphatic heterocycles. The molecule has 0 fully saturated rings. The van der Waals surface area contributed by atoms with Crippen LogP contribution in [0.15, 0.2) is 12.1 Å². The fraction of sp³-hybridized carbons (Fsp3) is 0.417. The van der Waals surface area contributed by atoms with Crippen LogP contribution in [0.1, 0.15) is 69.1 Å². The van der Waals surface area contributed by atoms with Gasteiger partial charge in [-0.25, -0.2) is 0 Å². The number of carbonyl (C=O) groups is 1. The zero-order valence-corrected chi connectivity index (χ0v) is 17.6. The molecule has 0 unspecified atom stereocenters. The van der Waals surface area contributed by atoms with Crippen molar-refractivity contribution in [3.63, 3.8) is 0 Å². The van der Waals surface area contributed by atoms with Crippen LogP contribution < -0.4 is 9.78 Å². The molecule has 2 aromatic carbocycles. The number of Topliss-reactive ketones (excluding diaryl/α,β-unsaturated/α-hetero) is 1. The average Bonchev–Trinajstić information content (AvgIpc) is 3.32. The van der Waals surface area contributed by atoms with E-state index in [0.717, 1.165) is 55.4 Å². The number of benzene rings is 2. The van der Waals surface area contributed by atoms with Gasteiger partial charge in [-0.05, 0) is 93.0 Å². The van der Waals surface area contributed by atoms with Crippen LogP contribution in [0.25, 0.3) is 0 Å². The number of fused-ring (bicyclic) bond motifs is 2. The Balaban J connectivity index is 1.75. The summed E-state index contributed by atoms with van der Waals surface area (Å²) < 4.78 is 0. The third-order valence-corrected chi connectivity index (χ3v) is 6.28. The Kier molecular flexibility index (Phi) is 5.24. The molecule has 0 N–H and O–H groups in total. The molecule has 4 rings (SSSR count). The van der Waals surface area contributed by atoms with E-state index in [1.54, 1.807) is 12.3 Å². The average molecular weight is 395 g/mol. The molecule has 0 radical (unpaired) electrons. The lowest BCUT2D eigenvalue weighted by molar-refractivity contribution is -0.102. The van der Waals surface area contributed by atoms with E-state index in [2.05, 4.69) is 19.9 Å². The lowest BCUT2D eigenvalue weighted by atomic mass is 9.97. The van der Waals surface area contributed by atoms with Crippen molar-refractivity contribution >= 4 is 23.4 Å². The molecule has 0 saturated carbocycles. The van der Waals surface area contributed by atoms with E-state index in [1.165, 1.54) is 27.8 Å². The summed E-state index contributed by atoms with van der Waals surface area (Å²) in [7, 11) is 0. The molecular formula is C24H26O3S. The van der Waals surface area contributed by atoms with Gasteiger partial charge in [0.2, 0.25) is 0 Å². The second-order valence-corrected chi connectivity index (χ2v) is 8.30. The maximum absolute atomic E-state index is 12.3. The molecule has 0 atom stereocenters. The Hall–Kier alpha value is -2.20. The van der Waals surface area contributed by atoms with Gasteiger partial charge in [0.1, 0.15) is 0 Å². The predicted molar refractivity (Wildman–Crippen MR) is 115 cm³/mol. The fourth-order valence-electron chi connectivity index (χ4n) is 4.78. The second-order valence-electron chi connectivity index (χ2n) is 7.97. The third kappa shape index (κ3) is 3.24. The molecule has 2 aromatic rings. The molecule has 4 heteroatoms. The largest absolute Gasteiger partial charge is 0.294 e. The molecule has 0 amide bonds. The van der Waals surface area contributed by atoms with Crippen molar-refractivity contribution in [1.29, 1.82) is 0 Å². The zero-order chi connectivity index (χ0) is 19.8. The Morgan fingerprint density at radius 3 is 2.07 bits per heavy atom. The third-order valence-electron chi connectivity index (χ3n) is 6.11. The molecule has 0 spiro atoms. The Labute approximate surface area is 172 Å². The summed E-state index contributed by atoms with van der Waals surface area (Å²) in [6.45, 7) is 5.82. The maximum atomic E-state index is 12.3. The number of rotatable bonds is 6. The molecule has 2 aliphatic carbocycles. The second kappa shape index (κ2) is 7.67. The summed E-state index contributed by atoms with van der Waals surface area (Å²) in [5.41, 5.74) is 9.17. The molecular weight excluding hydrogens is 368 g/mol. The fourth-order valence-corrected chi connectivity index (χ4v) is 4.96. The maximum Gasteiger partial charge on any atom is 0.192 e. The summed E-state index contributed by atoms with van der Waals surface area (Å²) in [4.78, 5) is 24.3. The summed E-state index contributed by atoms with van der Waals surface area (Å²) in [5.74, 6) is 1.40. The van der Waals surface area contributed by atoms with E-state index in [4.69, 9.17) is 22.0 Å². The smallest absolute Gasteiger partial charge is 0.192 e. The first kappa shape index (κ1) is 19.1. The van der Waals surface area contributed by atoms with Crippen molar-refractivity contribution in [3.8, 4) is 11.5 Å². The predicted octanol–water partition coefficient (Wildman–Crippen LogP) is 5.40. The van der Waals surface area contributed by atoms with Gasteiger partial charge in [-0.1, -0.05) is 18.3 Å². The molecule has 0 heterocycles. The van der Waals surface area contributed by atoms with Crippen molar-refractivity contribution in [2.24, 2.45) is 0 Å². The number of hydrogen-bond donors (Lipinski definition) is 0. The summed E-state index contributed by atoms with van der Waals surface area (Å²) in [5, 5.41) is 1.73. The van der Waals surface area contributed by atoms with Crippen molar-refractivity contribution in [2.75, 3.05) is 0 Å². The number of thiocarbonyl (C=S) groups is 1. The van der Waals surface area contributed by atoms with Gasteiger partial charge in [0, 0.05) is 23.1 Å². The highest BCUT2D eigenvalue weighted by molar-refractivity contribution is 7.79. The molecule has 2 aliphatic rings. The van der Waals surface area contributed by atoms with Gasteiger partial charge in [0.25, 0.3) is 0 Å². The van der Waals surface area contributed by atoms with Crippen molar-refractivity contribution in [2.45, 2.75) is 65.7 Å². The van der Waals surface area contributed by atoms with E-state index in [-0.39, 0.29) is 5.78 Å². The minimum atomic E-state index is 0.00431. The topological polar surface area (TPSA) is 35.5 Å². The van der Waals surface area contributed by atoms with Gasteiger partial charge in [0.15, 0.2) is 17.3 Å². The van der Waals surface area contributed by atoms with E-state index in [1.807, 2.05) is 6.07 Å². The van der Waals surface area contributed by atoms with E-state index in [9.17, 15) is 4.79 Å². The van der Waals surface area contributed by atoms with Gasteiger partial charge in [0.05, 0.1) is 5.56 Å². The normalized spacial score (nSPS) is 14.5. The van der Waals surface area contributed by atoms with Gasteiger partial charge in [-0.15, -0.1) is 0 Å². The summed E-state index contributed by atoms with van der Waals surface area (Å²) in [6, 6.07) is 4.11. The minimum absolute atomic E-state index is 0.00431. The Morgan fingerprint density at radius 2 is 1.46 bits per heavy atom.